The average Bonchev–Trinajstić information content (AvgIpc) is 2.78. The molecule has 0 fully saturated rings. The van der Waals surface area contributed by atoms with Crippen LogP contribution in [-0.4, -0.2) is 16.9 Å². The van der Waals surface area contributed by atoms with Crippen LogP contribution in [0, 0.1) is 20.8 Å². The summed E-state index contributed by atoms with van der Waals surface area (Å²) in [4.78, 5) is 16.3. The first-order chi connectivity index (χ1) is 9.45. The number of carbonyl (C=O) groups excluding carboxylic acids is 1. The highest BCUT2D eigenvalue weighted by Crippen LogP contribution is 2.18. The predicted octanol–water partition coefficient (Wildman–Crippen LogP) is 3.51. The third-order valence-corrected chi connectivity index (χ3v) is 3.87. The van der Waals surface area contributed by atoms with E-state index in [0.29, 0.717) is 5.13 Å². The van der Waals surface area contributed by atoms with E-state index in [1.54, 1.807) is 0 Å². The first-order valence-electron chi connectivity index (χ1n) is 6.52. The summed E-state index contributed by atoms with van der Waals surface area (Å²) in [5, 5.41) is 8.60. The van der Waals surface area contributed by atoms with Gasteiger partial charge in [-0.15, -0.1) is 11.3 Å². The van der Waals surface area contributed by atoms with E-state index in [2.05, 4.69) is 28.6 Å². The number of aromatic nitrogens is 1. The van der Waals surface area contributed by atoms with Crippen molar-refractivity contribution in [2.45, 2.75) is 33.7 Å². The lowest BCUT2D eigenvalue weighted by Crippen LogP contribution is -2.32. The Kier molecular flexibility index (Phi) is 4.39. The summed E-state index contributed by atoms with van der Waals surface area (Å²) in [6.45, 7) is 7.83. The topological polar surface area (TPSA) is 54.0 Å². The highest BCUT2D eigenvalue weighted by atomic mass is 32.1. The molecule has 1 unspecified atom stereocenters. The number of nitrogens with one attached hydrogen (secondary N) is 2. The molecule has 1 aromatic heterocycles. The standard InChI is InChI=1S/C15H19N3OS/c1-9-5-6-13(10(2)7-9)17-12(4)14(19)18-15-16-11(3)8-20-15/h5-8,12,17H,1-4H3,(H,16,18,19). The van der Waals surface area contributed by atoms with Crippen LogP contribution >= 0.6 is 11.3 Å². The summed E-state index contributed by atoms with van der Waals surface area (Å²) in [7, 11) is 0. The smallest absolute Gasteiger partial charge is 0.248 e. The first-order valence-corrected chi connectivity index (χ1v) is 7.40. The van der Waals surface area contributed by atoms with Gasteiger partial charge in [-0.05, 0) is 39.3 Å². The minimum absolute atomic E-state index is 0.0840. The van der Waals surface area contributed by atoms with Gasteiger partial charge in [0.2, 0.25) is 5.91 Å². The van der Waals surface area contributed by atoms with Gasteiger partial charge in [0.15, 0.2) is 5.13 Å². The van der Waals surface area contributed by atoms with E-state index in [1.165, 1.54) is 16.9 Å². The summed E-state index contributed by atoms with van der Waals surface area (Å²) in [6, 6.07) is 5.81. The van der Waals surface area contributed by atoms with E-state index in [4.69, 9.17) is 0 Å². The number of thiazole rings is 1. The van der Waals surface area contributed by atoms with Crippen molar-refractivity contribution in [3.63, 3.8) is 0 Å². The number of nitrogens with zero attached hydrogens (tertiary/aromatic N) is 1. The number of carbonyl (C=O) groups is 1. The van der Waals surface area contributed by atoms with Crippen molar-refractivity contribution in [1.82, 2.24) is 4.98 Å². The van der Waals surface area contributed by atoms with Gasteiger partial charge in [0, 0.05) is 11.1 Å². The van der Waals surface area contributed by atoms with Crippen LogP contribution in [0.4, 0.5) is 10.8 Å². The normalized spacial score (nSPS) is 12.0. The van der Waals surface area contributed by atoms with E-state index < -0.39 is 0 Å². The molecule has 0 saturated heterocycles. The molecule has 1 atom stereocenters. The zero-order chi connectivity index (χ0) is 14.7. The molecule has 0 bridgehead atoms. The number of hydrogen-bond acceptors (Lipinski definition) is 4. The SMILES string of the molecule is Cc1ccc(NC(C)C(=O)Nc2nc(C)cs2)c(C)c1. The van der Waals surface area contributed by atoms with Gasteiger partial charge in [0.1, 0.15) is 6.04 Å². The highest BCUT2D eigenvalue weighted by Gasteiger charge is 2.14. The fourth-order valence-electron chi connectivity index (χ4n) is 1.90. The van der Waals surface area contributed by atoms with Gasteiger partial charge in [-0.1, -0.05) is 17.7 Å². The molecule has 0 aliphatic rings. The van der Waals surface area contributed by atoms with Crippen molar-refractivity contribution < 1.29 is 4.79 Å². The number of rotatable bonds is 4. The minimum atomic E-state index is -0.319. The molecular formula is C15H19N3OS. The molecule has 0 aliphatic heterocycles. The number of anilines is 2. The summed E-state index contributed by atoms with van der Waals surface area (Å²) >= 11 is 1.44. The maximum absolute atomic E-state index is 12.1. The molecular weight excluding hydrogens is 270 g/mol. The van der Waals surface area contributed by atoms with Crippen molar-refractivity contribution in [3.05, 3.63) is 40.4 Å². The Hall–Kier alpha value is -1.88. The van der Waals surface area contributed by atoms with Gasteiger partial charge in [-0.3, -0.25) is 4.79 Å². The van der Waals surface area contributed by atoms with E-state index in [-0.39, 0.29) is 11.9 Å². The van der Waals surface area contributed by atoms with Crippen molar-refractivity contribution >= 4 is 28.1 Å². The Morgan fingerprint density at radius 3 is 2.65 bits per heavy atom. The molecule has 0 saturated carbocycles. The lowest BCUT2D eigenvalue weighted by molar-refractivity contribution is -0.116. The lowest BCUT2D eigenvalue weighted by atomic mass is 10.1. The minimum Gasteiger partial charge on any atom is -0.374 e. The molecule has 0 aliphatic carbocycles. The van der Waals surface area contributed by atoms with E-state index in [9.17, 15) is 4.79 Å². The summed E-state index contributed by atoms with van der Waals surface area (Å²) in [5.74, 6) is -0.0840. The Labute approximate surface area is 123 Å². The predicted molar refractivity (Wildman–Crippen MR) is 84.5 cm³/mol. The fraction of sp³-hybridized carbons (Fsp3) is 0.333. The van der Waals surface area contributed by atoms with Gasteiger partial charge in [-0.25, -0.2) is 4.98 Å². The second-order valence-electron chi connectivity index (χ2n) is 4.97. The first kappa shape index (κ1) is 14.5. The van der Waals surface area contributed by atoms with E-state index >= 15 is 0 Å². The number of hydrogen-bond donors (Lipinski definition) is 2. The molecule has 1 aromatic carbocycles. The van der Waals surface area contributed by atoms with Gasteiger partial charge in [0.25, 0.3) is 0 Å². The third-order valence-electron chi connectivity index (χ3n) is 3.00. The zero-order valence-corrected chi connectivity index (χ0v) is 13.0. The maximum Gasteiger partial charge on any atom is 0.248 e. The van der Waals surface area contributed by atoms with Crippen molar-refractivity contribution in [1.29, 1.82) is 0 Å². The van der Waals surface area contributed by atoms with Gasteiger partial charge in [-0.2, -0.15) is 0 Å². The van der Waals surface area contributed by atoms with Gasteiger partial charge < -0.3 is 10.6 Å². The van der Waals surface area contributed by atoms with Crippen LogP contribution < -0.4 is 10.6 Å². The van der Waals surface area contributed by atoms with Crippen molar-refractivity contribution in [3.8, 4) is 0 Å². The number of benzene rings is 1. The van der Waals surface area contributed by atoms with Crippen LogP contribution in [0.5, 0.6) is 0 Å². The zero-order valence-electron chi connectivity index (χ0n) is 12.2. The molecule has 1 amide bonds. The quantitative estimate of drug-likeness (QED) is 0.905. The number of aryl methyl sites for hydroxylation is 3. The van der Waals surface area contributed by atoms with Crippen molar-refractivity contribution in [2.24, 2.45) is 0 Å². The molecule has 0 radical (unpaired) electrons. The van der Waals surface area contributed by atoms with E-state index in [1.807, 2.05) is 38.3 Å². The van der Waals surface area contributed by atoms with Crippen molar-refractivity contribution in [2.75, 3.05) is 10.6 Å². The molecule has 2 aromatic rings. The second kappa shape index (κ2) is 6.05. The summed E-state index contributed by atoms with van der Waals surface area (Å²) in [5.41, 5.74) is 4.24. The third kappa shape index (κ3) is 3.57. The van der Waals surface area contributed by atoms with E-state index in [0.717, 1.165) is 16.9 Å². The largest absolute Gasteiger partial charge is 0.374 e. The molecule has 2 N–H and O–H groups in total. The second-order valence-corrected chi connectivity index (χ2v) is 5.83. The molecule has 106 valence electrons. The molecule has 1 heterocycles. The van der Waals surface area contributed by atoms with Crippen LogP contribution in [0.25, 0.3) is 0 Å². The lowest BCUT2D eigenvalue weighted by Gasteiger charge is -2.16. The summed E-state index contributed by atoms with van der Waals surface area (Å²) in [6.07, 6.45) is 0. The highest BCUT2D eigenvalue weighted by molar-refractivity contribution is 7.13. The Bertz CT molecular complexity index is 621. The molecule has 0 spiro atoms. The van der Waals surface area contributed by atoms with Gasteiger partial charge in [0.05, 0.1) is 5.69 Å². The Morgan fingerprint density at radius 2 is 2.05 bits per heavy atom. The monoisotopic (exact) mass is 289 g/mol. The Morgan fingerprint density at radius 1 is 1.30 bits per heavy atom. The fourth-order valence-corrected chi connectivity index (χ4v) is 2.59. The summed E-state index contributed by atoms with van der Waals surface area (Å²) < 4.78 is 0. The molecule has 4 nitrogen and oxygen atoms in total. The molecule has 20 heavy (non-hydrogen) atoms. The Balaban J connectivity index is 2.00. The molecule has 5 heteroatoms. The number of amides is 1. The van der Waals surface area contributed by atoms with Gasteiger partial charge >= 0.3 is 0 Å². The van der Waals surface area contributed by atoms with Crippen LogP contribution in [0.1, 0.15) is 23.7 Å². The van der Waals surface area contributed by atoms with Crippen LogP contribution in [0.2, 0.25) is 0 Å². The maximum atomic E-state index is 12.1. The molecule has 2 rings (SSSR count). The van der Waals surface area contributed by atoms with Crippen LogP contribution in [0.3, 0.4) is 0 Å². The van der Waals surface area contributed by atoms with Crippen LogP contribution in [-0.2, 0) is 4.79 Å². The average molecular weight is 289 g/mol. The van der Waals surface area contributed by atoms with Crippen LogP contribution in [0.15, 0.2) is 23.6 Å².